The van der Waals surface area contributed by atoms with Gasteiger partial charge in [-0.2, -0.15) is 0 Å². The van der Waals surface area contributed by atoms with Crippen LogP contribution in [0.2, 0.25) is 0 Å². The molecular weight excluding hydrogens is 138 g/mol. The summed E-state index contributed by atoms with van der Waals surface area (Å²) in [7, 11) is 0. The van der Waals surface area contributed by atoms with Crippen LogP contribution in [-0.4, -0.2) is 5.91 Å². The summed E-state index contributed by atoms with van der Waals surface area (Å²) in [6.07, 6.45) is 1.62. The van der Waals surface area contributed by atoms with Gasteiger partial charge < -0.3 is 5.32 Å². The van der Waals surface area contributed by atoms with Crippen LogP contribution < -0.4 is 5.32 Å². The zero-order valence-corrected chi connectivity index (χ0v) is 7.18. The van der Waals surface area contributed by atoms with E-state index in [9.17, 15) is 4.79 Å². The van der Waals surface area contributed by atoms with Crippen molar-refractivity contribution in [2.45, 2.75) is 26.7 Å². The van der Waals surface area contributed by atoms with Gasteiger partial charge in [0.1, 0.15) is 0 Å². The van der Waals surface area contributed by atoms with Crippen LogP contribution in [0.1, 0.15) is 26.7 Å². The monoisotopic (exact) mass is 153 g/mol. The van der Waals surface area contributed by atoms with Gasteiger partial charge in [0.15, 0.2) is 0 Å². The molecule has 1 unspecified atom stereocenters. The molecule has 11 heavy (non-hydrogen) atoms. The van der Waals surface area contributed by atoms with Gasteiger partial charge in [0, 0.05) is 18.0 Å². The Bertz CT molecular complexity index is 184. The molecule has 0 saturated carbocycles. The van der Waals surface area contributed by atoms with Crippen LogP contribution in [0, 0.1) is 11.8 Å². The van der Waals surface area contributed by atoms with Crippen LogP contribution in [0.4, 0.5) is 0 Å². The second-order valence-corrected chi connectivity index (χ2v) is 3.46. The average molecular weight is 153 g/mol. The maximum atomic E-state index is 10.9. The second kappa shape index (κ2) is 3.07. The molecule has 0 aromatic rings. The van der Waals surface area contributed by atoms with Gasteiger partial charge in [-0.05, 0) is 12.3 Å². The number of hydrogen-bond acceptors (Lipinski definition) is 1. The van der Waals surface area contributed by atoms with E-state index in [1.54, 1.807) is 0 Å². The van der Waals surface area contributed by atoms with Crippen molar-refractivity contribution in [2.75, 3.05) is 0 Å². The summed E-state index contributed by atoms with van der Waals surface area (Å²) in [6, 6.07) is 0. The normalized spacial score (nSPS) is 25.5. The van der Waals surface area contributed by atoms with E-state index in [0.717, 1.165) is 12.1 Å². The number of carbonyl (C=O) groups excluding carboxylic acids is 1. The molecule has 0 bridgehead atoms. The predicted molar refractivity (Wildman–Crippen MR) is 44.8 cm³/mol. The average Bonchev–Trinajstić information content (AvgIpc) is 1.85. The van der Waals surface area contributed by atoms with Crippen LogP contribution in [0.15, 0.2) is 12.3 Å². The molecule has 0 radical (unpaired) electrons. The van der Waals surface area contributed by atoms with Crippen molar-refractivity contribution in [3.8, 4) is 0 Å². The lowest BCUT2D eigenvalue weighted by Crippen LogP contribution is -2.34. The molecule has 1 rings (SSSR count). The van der Waals surface area contributed by atoms with Crippen molar-refractivity contribution >= 4 is 5.91 Å². The third-order valence-corrected chi connectivity index (χ3v) is 2.23. The molecule has 1 saturated heterocycles. The molecule has 1 amide bonds. The first-order valence-corrected chi connectivity index (χ1v) is 4.10. The lowest BCUT2D eigenvalue weighted by Gasteiger charge is -2.27. The van der Waals surface area contributed by atoms with Gasteiger partial charge in [-0.3, -0.25) is 4.79 Å². The van der Waals surface area contributed by atoms with E-state index >= 15 is 0 Å². The van der Waals surface area contributed by atoms with Crippen molar-refractivity contribution in [2.24, 2.45) is 11.8 Å². The van der Waals surface area contributed by atoms with Gasteiger partial charge in [-0.15, -0.1) is 0 Å². The Morgan fingerprint density at radius 1 is 1.64 bits per heavy atom. The van der Waals surface area contributed by atoms with Gasteiger partial charge in [0.2, 0.25) is 5.91 Å². The number of amides is 1. The maximum Gasteiger partial charge on any atom is 0.224 e. The molecule has 2 heteroatoms. The van der Waals surface area contributed by atoms with E-state index < -0.39 is 0 Å². The second-order valence-electron chi connectivity index (χ2n) is 3.46. The fraction of sp³-hybridized carbons (Fsp3) is 0.667. The largest absolute Gasteiger partial charge is 0.330 e. The molecule has 1 atom stereocenters. The lowest BCUT2D eigenvalue weighted by molar-refractivity contribution is -0.121. The molecule has 1 heterocycles. The summed E-state index contributed by atoms with van der Waals surface area (Å²) in [6.45, 7) is 8.16. The van der Waals surface area contributed by atoms with Crippen molar-refractivity contribution in [1.82, 2.24) is 5.32 Å². The predicted octanol–water partition coefficient (Wildman–Crippen LogP) is 1.68. The highest BCUT2D eigenvalue weighted by Gasteiger charge is 2.23. The van der Waals surface area contributed by atoms with Crippen molar-refractivity contribution in [3.63, 3.8) is 0 Å². The minimum Gasteiger partial charge on any atom is -0.330 e. The quantitative estimate of drug-likeness (QED) is 0.610. The van der Waals surface area contributed by atoms with Crippen molar-refractivity contribution in [3.05, 3.63) is 12.3 Å². The van der Waals surface area contributed by atoms with Gasteiger partial charge in [0.25, 0.3) is 0 Å². The van der Waals surface area contributed by atoms with E-state index in [-0.39, 0.29) is 5.91 Å². The third kappa shape index (κ3) is 1.82. The molecule has 1 N–H and O–H groups in total. The molecule has 0 aromatic carbocycles. The Morgan fingerprint density at radius 2 is 2.27 bits per heavy atom. The van der Waals surface area contributed by atoms with Crippen molar-refractivity contribution in [1.29, 1.82) is 0 Å². The van der Waals surface area contributed by atoms with Crippen LogP contribution in [0.25, 0.3) is 0 Å². The van der Waals surface area contributed by atoms with Crippen LogP contribution in [0.3, 0.4) is 0 Å². The SMILES string of the molecule is C=C1NC(=O)CCC1C(C)C. The molecule has 62 valence electrons. The Morgan fingerprint density at radius 3 is 2.73 bits per heavy atom. The molecule has 1 aliphatic heterocycles. The highest BCUT2D eigenvalue weighted by molar-refractivity contribution is 5.78. The van der Waals surface area contributed by atoms with E-state index in [1.165, 1.54) is 0 Å². The Kier molecular flexibility index (Phi) is 2.32. The van der Waals surface area contributed by atoms with Gasteiger partial charge >= 0.3 is 0 Å². The van der Waals surface area contributed by atoms with Gasteiger partial charge in [-0.1, -0.05) is 20.4 Å². The number of rotatable bonds is 1. The first kappa shape index (κ1) is 8.31. The summed E-state index contributed by atoms with van der Waals surface area (Å²) >= 11 is 0. The highest BCUT2D eigenvalue weighted by Crippen LogP contribution is 2.25. The van der Waals surface area contributed by atoms with E-state index in [4.69, 9.17) is 0 Å². The van der Waals surface area contributed by atoms with E-state index in [2.05, 4.69) is 25.7 Å². The Hall–Kier alpha value is -0.790. The number of nitrogens with one attached hydrogen (secondary N) is 1. The number of hydrogen-bond donors (Lipinski definition) is 1. The minimum absolute atomic E-state index is 0.118. The van der Waals surface area contributed by atoms with Gasteiger partial charge in [0.05, 0.1) is 0 Å². The Labute approximate surface area is 67.7 Å². The van der Waals surface area contributed by atoms with Crippen molar-refractivity contribution < 1.29 is 4.79 Å². The lowest BCUT2D eigenvalue weighted by atomic mass is 9.86. The highest BCUT2D eigenvalue weighted by atomic mass is 16.1. The summed E-state index contributed by atoms with van der Waals surface area (Å²) in [5, 5.41) is 2.78. The molecule has 2 nitrogen and oxygen atoms in total. The zero-order valence-electron chi connectivity index (χ0n) is 7.18. The minimum atomic E-state index is 0.118. The van der Waals surface area contributed by atoms with Gasteiger partial charge in [-0.25, -0.2) is 0 Å². The molecule has 0 aliphatic carbocycles. The fourth-order valence-electron chi connectivity index (χ4n) is 1.53. The molecule has 1 fully saturated rings. The molecule has 0 aromatic heterocycles. The number of piperidine rings is 1. The molecule has 1 aliphatic rings. The topological polar surface area (TPSA) is 29.1 Å². The Balaban J connectivity index is 2.57. The summed E-state index contributed by atoms with van der Waals surface area (Å²) in [4.78, 5) is 10.9. The maximum absolute atomic E-state index is 10.9. The number of carbonyl (C=O) groups is 1. The fourth-order valence-corrected chi connectivity index (χ4v) is 1.53. The van der Waals surface area contributed by atoms with E-state index in [1.807, 2.05) is 0 Å². The first-order valence-electron chi connectivity index (χ1n) is 4.10. The number of allylic oxidation sites excluding steroid dienone is 1. The zero-order chi connectivity index (χ0) is 8.43. The van der Waals surface area contributed by atoms with Crippen LogP contribution >= 0.6 is 0 Å². The first-order chi connectivity index (χ1) is 5.11. The molecular formula is C9H15NO. The smallest absolute Gasteiger partial charge is 0.224 e. The van der Waals surface area contributed by atoms with E-state index in [0.29, 0.717) is 18.3 Å². The summed E-state index contributed by atoms with van der Waals surface area (Å²) in [5.74, 6) is 1.18. The third-order valence-electron chi connectivity index (χ3n) is 2.23. The standard InChI is InChI=1S/C9H15NO/c1-6(2)8-4-5-9(11)10-7(8)3/h6,8H,3-5H2,1-2H3,(H,10,11). The summed E-state index contributed by atoms with van der Waals surface area (Å²) < 4.78 is 0. The van der Waals surface area contributed by atoms with Crippen LogP contribution in [-0.2, 0) is 4.79 Å². The van der Waals surface area contributed by atoms with Crippen LogP contribution in [0.5, 0.6) is 0 Å². The summed E-state index contributed by atoms with van der Waals surface area (Å²) in [5.41, 5.74) is 0.899. The molecule has 0 spiro atoms.